The molecule has 1 aliphatic rings. The van der Waals surface area contributed by atoms with Gasteiger partial charge in [-0.2, -0.15) is 0 Å². The van der Waals surface area contributed by atoms with Gasteiger partial charge in [-0.1, -0.05) is 42.5 Å². The fourth-order valence-corrected chi connectivity index (χ4v) is 4.72. The first-order chi connectivity index (χ1) is 14.4. The van der Waals surface area contributed by atoms with Crippen molar-refractivity contribution in [2.24, 2.45) is 5.73 Å². The van der Waals surface area contributed by atoms with Crippen LogP contribution >= 0.6 is 0 Å². The number of primary amides is 1. The average molecular weight is 406 g/mol. The smallest absolute Gasteiger partial charge is 0.339 e. The number of fused-ring (bicyclic) bond motifs is 3. The zero-order chi connectivity index (χ0) is 21.4. The van der Waals surface area contributed by atoms with Crippen molar-refractivity contribution in [2.75, 3.05) is 7.11 Å². The van der Waals surface area contributed by atoms with E-state index in [0.717, 1.165) is 46.1 Å². The third-order valence-corrected chi connectivity index (χ3v) is 6.09. The summed E-state index contributed by atoms with van der Waals surface area (Å²) in [4.78, 5) is 24.5. The number of nitrogens with two attached hydrogens (primary N) is 1. The molecule has 156 valence electrons. The van der Waals surface area contributed by atoms with E-state index in [1.807, 2.05) is 31.2 Å². The van der Waals surface area contributed by atoms with Crippen molar-refractivity contribution in [3.8, 4) is 0 Å². The largest absolute Gasteiger partial charge is 0.467 e. The molecular formula is C24H26N2O4. The molecule has 6 nitrogen and oxygen atoms in total. The zero-order valence-corrected chi connectivity index (χ0v) is 17.2. The Morgan fingerprint density at radius 3 is 2.63 bits per heavy atom. The highest BCUT2D eigenvalue weighted by Crippen LogP contribution is 2.43. The minimum Gasteiger partial charge on any atom is -0.467 e. The summed E-state index contributed by atoms with van der Waals surface area (Å²) in [6.45, 7) is 2.64. The van der Waals surface area contributed by atoms with Crippen molar-refractivity contribution in [2.45, 2.75) is 44.8 Å². The van der Waals surface area contributed by atoms with Crippen LogP contribution in [0.2, 0.25) is 0 Å². The fourth-order valence-electron chi connectivity index (χ4n) is 4.72. The summed E-state index contributed by atoms with van der Waals surface area (Å²) in [5.74, 6) is -1.55. The van der Waals surface area contributed by atoms with Crippen LogP contribution in [0.25, 0.3) is 10.9 Å². The predicted octanol–water partition coefficient (Wildman–Crippen LogP) is 3.11. The van der Waals surface area contributed by atoms with Gasteiger partial charge in [0.25, 0.3) is 0 Å². The van der Waals surface area contributed by atoms with Gasteiger partial charge in [-0.3, -0.25) is 4.79 Å². The molecule has 0 radical (unpaired) electrons. The number of nitrogens with zero attached hydrogens (tertiary/aromatic N) is 1. The third kappa shape index (κ3) is 3.27. The van der Waals surface area contributed by atoms with Gasteiger partial charge in [0.05, 0.1) is 18.5 Å². The molecule has 3 aromatic rings. The first kappa shape index (κ1) is 20.2. The Kier molecular flexibility index (Phi) is 5.35. The highest BCUT2D eigenvalue weighted by molar-refractivity contribution is 5.99. The maximum Gasteiger partial charge on any atom is 0.339 e. The van der Waals surface area contributed by atoms with Crippen LogP contribution in [0.3, 0.4) is 0 Å². The van der Waals surface area contributed by atoms with Crippen LogP contribution in [-0.4, -0.2) is 28.7 Å². The lowest BCUT2D eigenvalue weighted by atomic mass is 9.83. The Morgan fingerprint density at radius 2 is 1.97 bits per heavy atom. The molecule has 1 heterocycles. The number of esters is 1. The molecule has 2 unspecified atom stereocenters. The van der Waals surface area contributed by atoms with E-state index in [9.17, 15) is 14.7 Å². The lowest BCUT2D eigenvalue weighted by molar-refractivity contribution is -0.150. The molecule has 0 saturated carbocycles. The van der Waals surface area contributed by atoms with Gasteiger partial charge in [0, 0.05) is 23.2 Å². The molecule has 0 saturated heterocycles. The SMILES string of the molecule is COC(=O)C(O)c1ccc(C)c2c1c1c(n2Cc2ccccc2)CCCC1C(N)=O. The standard InChI is InChI=1S/C24H26N2O4/c1-14-11-12-16(22(27)24(29)30-2)20-19-17(23(25)28)9-6-10-18(19)26(21(14)20)13-15-7-4-3-5-8-15/h3-5,7-8,11-12,17,22,27H,6,9-10,13H2,1-2H3,(H2,25,28). The van der Waals surface area contributed by atoms with Crippen molar-refractivity contribution in [3.63, 3.8) is 0 Å². The van der Waals surface area contributed by atoms with Crippen molar-refractivity contribution in [3.05, 3.63) is 70.4 Å². The number of aliphatic hydroxyl groups is 1. The van der Waals surface area contributed by atoms with E-state index < -0.39 is 18.0 Å². The molecule has 2 aromatic carbocycles. The first-order valence-electron chi connectivity index (χ1n) is 10.2. The molecule has 1 aromatic heterocycles. The van der Waals surface area contributed by atoms with Crippen molar-refractivity contribution in [1.82, 2.24) is 4.57 Å². The van der Waals surface area contributed by atoms with Crippen molar-refractivity contribution >= 4 is 22.8 Å². The maximum atomic E-state index is 12.3. The van der Waals surface area contributed by atoms with E-state index in [1.54, 1.807) is 6.07 Å². The Morgan fingerprint density at radius 1 is 1.23 bits per heavy atom. The molecule has 0 aliphatic heterocycles. The van der Waals surface area contributed by atoms with E-state index in [4.69, 9.17) is 10.5 Å². The average Bonchev–Trinajstić information content (AvgIpc) is 3.09. The molecular weight excluding hydrogens is 380 g/mol. The number of methoxy groups -OCH3 is 1. The number of hydrogen-bond donors (Lipinski definition) is 2. The van der Waals surface area contributed by atoms with Crippen LogP contribution in [0, 0.1) is 6.92 Å². The summed E-state index contributed by atoms with van der Waals surface area (Å²) < 4.78 is 7.00. The van der Waals surface area contributed by atoms with Gasteiger partial charge in [0.2, 0.25) is 5.91 Å². The zero-order valence-electron chi connectivity index (χ0n) is 17.2. The van der Waals surface area contributed by atoms with Gasteiger partial charge in [-0.05, 0) is 42.9 Å². The number of ether oxygens (including phenoxy) is 1. The van der Waals surface area contributed by atoms with Gasteiger partial charge >= 0.3 is 5.97 Å². The summed E-state index contributed by atoms with van der Waals surface area (Å²) in [5, 5.41) is 11.5. The van der Waals surface area contributed by atoms with Gasteiger partial charge in [0.1, 0.15) is 0 Å². The minimum absolute atomic E-state index is 0.380. The van der Waals surface area contributed by atoms with Gasteiger partial charge in [-0.15, -0.1) is 0 Å². The van der Waals surface area contributed by atoms with E-state index in [1.165, 1.54) is 7.11 Å². The van der Waals surface area contributed by atoms with Crippen molar-refractivity contribution < 1.29 is 19.4 Å². The Bertz CT molecular complexity index is 1120. The lowest BCUT2D eigenvalue weighted by Crippen LogP contribution is -2.25. The first-order valence-corrected chi connectivity index (χ1v) is 10.2. The highest BCUT2D eigenvalue weighted by atomic mass is 16.5. The number of aliphatic hydroxyl groups excluding tert-OH is 1. The Labute approximate surface area is 175 Å². The number of rotatable bonds is 5. The number of carbonyl (C=O) groups excluding carboxylic acids is 2. The van der Waals surface area contributed by atoms with Gasteiger partial charge < -0.3 is 20.1 Å². The van der Waals surface area contributed by atoms with Crippen molar-refractivity contribution in [1.29, 1.82) is 0 Å². The fraction of sp³-hybridized carbons (Fsp3) is 0.333. The van der Waals surface area contributed by atoms with Crippen LogP contribution in [0.15, 0.2) is 42.5 Å². The number of hydrogen-bond acceptors (Lipinski definition) is 4. The normalized spacial score (nSPS) is 16.8. The van der Waals surface area contributed by atoms with Crippen LogP contribution in [0.4, 0.5) is 0 Å². The van der Waals surface area contributed by atoms with Crippen LogP contribution < -0.4 is 5.73 Å². The molecule has 30 heavy (non-hydrogen) atoms. The Hall–Kier alpha value is -3.12. The van der Waals surface area contributed by atoms with Crippen LogP contribution in [0.5, 0.6) is 0 Å². The van der Waals surface area contributed by atoms with Crippen LogP contribution in [-0.2, 0) is 27.3 Å². The molecule has 2 atom stereocenters. The summed E-state index contributed by atoms with van der Waals surface area (Å²) in [5.41, 5.74) is 11.2. The van der Waals surface area contributed by atoms with Crippen LogP contribution in [0.1, 0.15) is 52.8 Å². The van der Waals surface area contributed by atoms with E-state index in [0.29, 0.717) is 18.5 Å². The van der Waals surface area contributed by atoms with Gasteiger partial charge in [0.15, 0.2) is 6.10 Å². The lowest BCUT2D eigenvalue weighted by Gasteiger charge is -2.23. The topological polar surface area (TPSA) is 94.6 Å². The van der Waals surface area contributed by atoms with E-state index >= 15 is 0 Å². The number of benzene rings is 2. The number of aromatic nitrogens is 1. The molecule has 6 heteroatoms. The Balaban J connectivity index is 2.05. The number of aryl methyl sites for hydroxylation is 1. The molecule has 0 spiro atoms. The van der Waals surface area contributed by atoms with Gasteiger partial charge in [-0.25, -0.2) is 4.79 Å². The second-order valence-electron chi connectivity index (χ2n) is 7.90. The quantitative estimate of drug-likeness (QED) is 0.637. The molecule has 0 fully saturated rings. The summed E-state index contributed by atoms with van der Waals surface area (Å²) >= 11 is 0. The number of carbonyl (C=O) groups is 2. The summed E-state index contributed by atoms with van der Waals surface area (Å²) in [6.07, 6.45) is 0.910. The summed E-state index contributed by atoms with van der Waals surface area (Å²) in [7, 11) is 1.25. The molecule has 1 aliphatic carbocycles. The molecule has 0 bridgehead atoms. The summed E-state index contributed by atoms with van der Waals surface area (Å²) in [6, 6.07) is 13.8. The van der Waals surface area contributed by atoms with E-state index in [2.05, 4.69) is 16.7 Å². The molecule has 1 amide bonds. The number of amides is 1. The molecule has 4 rings (SSSR count). The third-order valence-electron chi connectivity index (χ3n) is 6.09. The predicted molar refractivity (Wildman–Crippen MR) is 114 cm³/mol. The maximum absolute atomic E-state index is 12.3. The van der Waals surface area contributed by atoms with E-state index in [-0.39, 0.29) is 5.91 Å². The highest BCUT2D eigenvalue weighted by Gasteiger charge is 2.34. The second kappa shape index (κ2) is 7.95. The monoisotopic (exact) mass is 406 g/mol. The second-order valence-corrected chi connectivity index (χ2v) is 7.90. The molecule has 3 N–H and O–H groups in total. The minimum atomic E-state index is -1.43.